The number of hydrogen-bond donors (Lipinski definition) is 1. The fourth-order valence-electron chi connectivity index (χ4n) is 3.54. The molecule has 1 aliphatic rings. The number of carbonyl (C=O) groups excluding carboxylic acids is 2. The van der Waals surface area contributed by atoms with Gasteiger partial charge in [0.15, 0.2) is 0 Å². The minimum Gasteiger partial charge on any atom is -0.353 e. The van der Waals surface area contributed by atoms with E-state index in [4.69, 9.17) is 0 Å². The summed E-state index contributed by atoms with van der Waals surface area (Å²) >= 11 is 0. The molecule has 0 spiro atoms. The standard InChI is InChI=1S/C21H22N4O2/c1-13-4-5-14(2)19(10-13)25-12-23-17-11-16(6-7-18(17)25)21(27)24-9-8-22-20(26)15(24)3/h4-7,10-12,15H,8-9H2,1-3H3,(H,22,26). The summed E-state index contributed by atoms with van der Waals surface area (Å²) in [4.78, 5) is 30.9. The van der Waals surface area contributed by atoms with E-state index in [-0.39, 0.29) is 11.8 Å². The van der Waals surface area contributed by atoms with E-state index in [0.29, 0.717) is 18.7 Å². The molecule has 1 saturated heterocycles. The summed E-state index contributed by atoms with van der Waals surface area (Å²) in [6.07, 6.45) is 1.79. The Morgan fingerprint density at radius 1 is 1.19 bits per heavy atom. The average molecular weight is 362 g/mol. The Bertz CT molecular complexity index is 1050. The summed E-state index contributed by atoms with van der Waals surface area (Å²) in [5.74, 6) is -0.254. The maximum atomic E-state index is 12.9. The van der Waals surface area contributed by atoms with Crippen LogP contribution < -0.4 is 5.32 Å². The highest BCUT2D eigenvalue weighted by Gasteiger charge is 2.30. The third-order valence-corrected chi connectivity index (χ3v) is 5.18. The summed E-state index contributed by atoms with van der Waals surface area (Å²) in [7, 11) is 0. The third-order valence-electron chi connectivity index (χ3n) is 5.18. The van der Waals surface area contributed by atoms with Gasteiger partial charge in [0.05, 0.1) is 16.7 Å². The number of imidazole rings is 1. The Hall–Kier alpha value is -3.15. The Morgan fingerprint density at radius 2 is 2.00 bits per heavy atom. The highest BCUT2D eigenvalue weighted by atomic mass is 16.2. The summed E-state index contributed by atoms with van der Waals surface area (Å²) < 4.78 is 2.04. The molecule has 1 aliphatic heterocycles. The van der Waals surface area contributed by atoms with Crippen LogP contribution in [0.3, 0.4) is 0 Å². The van der Waals surface area contributed by atoms with E-state index in [2.05, 4.69) is 42.3 Å². The van der Waals surface area contributed by atoms with Crippen LogP contribution in [0.4, 0.5) is 0 Å². The summed E-state index contributed by atoms with van der Waals surface area (Å²) in [5, 5.41) is 2.78. The number of aryl methyl sites for hydroxylation is 2. The predicted molar refractivity (Wildman–Crippen MR) is 104 cm³/mol. The summed E-state index contributed by atoms with van der Waals surface area (Å²) in [5.41, 5.74) is 5.68. The third kappa shape index (κ3) is 2.97. The van der Waals surface area contributed by atoms with Gasteiger partial charge in [-0.25, -0.2) is 4.98 Å². The maximum absolute atomic E-state index is 12.9. The fourth-order valence-corrected chi connectivity index (χ4v) is 3.54. The second kappa shape index (κ2) is 6.54. The Labute approximate surface area is 157 Å². The zero-order chi connectivity index (χ0) is 19.1. The van der Waals surface area contributed by atoms with Crippen molar-refractivity contribution >= 4 is 22.8 Å². The van der Waals surface area contributed by atoms with Crippen LogP contribution >= 0.6 is 0 Å². The van der Waals surface area contributed by atoms with E-state index in [1.165, 1.54) is 5.56 Å². The minimum atomic E-state index is -0.463. The lowest BCUT2D eigenvalue weighted by atomic mass is 10.1. The number of benzene rings is 2. The molecule has 27 heavy (non-hydrogen) atoms. The molecule has 4 rings (SSSR count). The van der Waals surface area contributed by atoms with Crippen LogP contribution in [0.25, 0.3) is 16.7 Å². The number of hydrogen-bond acceptors (Lipinski definition) is 3. The van der Waals surface area contributed by atoms with Gasteiger partial charge in [0.25, 0.3) is 5.91 Å². The highest BCUT2D eigenvalue weighted by Crippen LogP contribution is 2.23. The topological polar surface area (TPSA) is 67.2 Å². The molecular weight excluding hydrogens is 340 g/mol. The molecule has 0 aliphatic carbocycles. The quantitative estimate of drug-likeness (QED) is 0.762. The van der Waals surface area contributed by atoms with Crippen molar-refractivity contribution in [2.75, 3.05) is 13.1 Å². The SMILES string of the molecule is Cc1ccc(C)c(-n2cnc3cc(C(=O)N4CCNC(=O)C4C)ccc32)c1. The first-order chi connectivity index (χ1) is 13.0. The molecule has 1 fully saturated rings. The lowest BCUT2D eigenvalue weighted by Crippen LogP contribution is -2.55. The van der Waals surface area contributed by atoms with Crippen LogP contribution in [0.2, 0.25) is 0 Å². The number of aromatic nitrogens is 2. The van der Waals surface area contributed by atoms with Crippen molar-refractivity contribution in [3.05, 3.63) is 59.4 Å². The number of piperazine rings is 1. The van der Waals surface area contributed by atoms with Crippen molar-refractivity contribution < 1.29 is 9.59 Å². The maximum Gasteiger partial charge on any atom is 0.254 e. The molecule has 0 saturated carbocycles. The van der Waals surface area contributed by atoms with Gasteiger partial charge in [-0.1, -0.05) is 12.1 Å². The molecular formula is C21H22N4O2. The Kier molecular flexibility index (Phi) is 4.18. The van der Waals surface area contributed by atoms with E-state index < -0.39 is 6.04 Å². The predicted octanol–water partition coefficient (Wildman–Crippen LogP) is 2.60. The largest absolute Gasteiger partial charge is 0.353 e. The van der Waals surface area contributed by atoms with Gasteiger partial charge in [0, 0.05) is 18.7 Å². The molecule has 2 heterocycles. The Balaban J connectivity index is 1.71. The number of nitrogens with zero attached hydrogens (tertiary/aromatic N) is 3. The summed E-state index contributed by atoms with van der Waals surface area (Å²) in [6, 6.07) is 11.4. The first kappa shape index (κ1) is 17.3. The van der Waals surface area contributed by atoms with Crippen molar-refractivity contribution in [3.63, 3.8) is 0 Å². The number of fused-ring (bicyclic) bond motifs is 1. The van der Waals surface area contributed by atoms with Crippen molar-refractivity contribution in [1.82, 2.24) is 19.8 Å². The van der Waals surface area contributed by atoms with Gasteiger partial charge in [-0.05, 0) is 56.2 Å². The molecule has 1 atom stereocenters. The van der Waals surface area contributed by atoms with Crippen LogP contribution in [-0.2, 0) is 4.79 Å². The smallest absolute Gasteiger partial charge is 0.254 e. The van der Waals surface area contributed by atoms with Gasteiger partial charge in [-0.15, -0.1) is 0 Å². The first-order valence-electron chi connectivity index (χ1n) is 9.09. The average Bonchev–Trinajstić information content (AvgIpc) is 3.08. The lowest BCUT2D eigenvalue weighted by molar-refractivity contribution is -0.127. The van der Waals surface area contributed by atoms with Gasteiger partial charge in [-0.3, -0.25) is 14.2 Å². The molecule has 6 heteroatoms. The van der Waals surface area contributed by atoms with E-state index in [9.17, 15) is 9.59 Å². The van der Waals surface area contributed by atoms with Gasteiger partial charge in [-0.2, -0.15) is 0 Å². The summed E-state index contributed by atoms with van der Waals surface area (Å²) in [6.45, 7) is 6.88. The molecule has 1 N–H and O–H groups in total. The van der Waals surface area contributed by atoms with Gasteiger partial charge >= 0.3 is 0 Å². The monoisotopic (exact) mass is 362 g/mol. The van der Waals surface area contributed by atoms with Crippen molar-refractivity contribution in [3.8, 4) is 5.69 Å². The number of carbonyl (C=O) groups is 2. The van der Waals surface area contributed by atoms with Crippen LogP contribution in [-0.4, -0.2) is 45.4 Å². The molecule has 3 aromatic rings. The first-order valence-corrected chi connectivity index (χ1v) is 9.09. The molecule has 1 aromatic heterocycles. The molecule has 6 nitrogen and oxygen atoms in total. The van der Waals surface area contributed by atoms with Gasteiger partial charge in [0.2, 0.25) is 5.91 Å². The van der Waals surface area contributed by atoms with Crippen molar-refractivity contribution in [2.24, 2.45) is 0 Å². The zero-order valence-electron chi connectivity index (χ0n) is 15.7. The molecule has 0 radical (unpaired) electrons. The normalized spacial score (nSPS) is 17.2. The molecule has 1 unspecified atom stereocenters. The highest BCUT2D eigenvalue weighted by molar-refractivity contribution is 6.00. The van der Waals surface area contributed by atoms with E-state index in [1.807, 2.05) is 16.7 Å². The Morgan fingerprint density at radius 3 is 2.81 bits per heavy atom. The molecule has 2 amide bonds. The minimum absolute atomic E-state index is 0.116. The van der Waals surface area contributed by atoms with Crippen LogP contribution in [0.1, 0.15) is 28.4 Å². The molecule has 138 valence electrons. The second-order valence-corrected chi connectivity index (χ2v) is 7.07. The van der Waals surface area contributed by atoms with E-state index in [1.54, 1.807) is 24.2 Å². The van der Waals surface area contributed by atoms with Crippen LogP contribution in [0.5, 0.6) is 0 Å². The molecule has 0 bridgehead atoms. The van der Waals surface area contributed by atoms with Crippen molar-refractivity contribution in [1.29, 1.82) is 0 Å². The van der Waals surface area contributed by atoms with Gasteiger partial charge < -0.3 is 10.2 Å². The van der Waals surface area contributed by atoms with Crippen LogP contribution in [0, 0.1) is 13.8 Å². The molecule has 2 aromatic carbocycles. The zero-order valence-corrected chi connectivity index (χ0v) is 15.7. The number of rotatable bonds is 2. The number of amides is 2. The number of nitrogens with one attached hydrogen (secondary N) is 1. The lowest BCUT2D eigenvalue weighted by Gasteiger charge is -2.32. The fraction of sp³-hybridized carbons (Fsp3) is 0.286. The van der Waals surface area contributed by atoms with Gasteiger partial charge in [0.1, 0.15) is 12.4 Å². The van der Waals surface area contributed by atoms with Crippen LogP contribution in [0.15, 0.2) is 42.7 Å². The van der Waals surface area contributed by atoms with E-state index in [0.717, 1.165) is 22.3 Å². The van der Waals surface area contributed by atoms with Crippen molar-refractivity contribution in [2.45, 2.75) is 26.8 Å². The second-order valence-electron chi connectivity index (χ2n) is 7.07. The van der Waals surface area contributed by atoms with E-state index >= 15 is 0 Å².